The van der Waals surface area contributed by atoms with Crippen LogP contribution in [0.4, 0.5) is 10.8 Å². The van der Waals surface area contributed by atoms with Gasteiger partial charge in [0.05, 0.1) is 12.8 Å². The Morgan fingerprint density at radius 3 is 2.38 bits per heavy atom. The van der Waals surface area contributed by atoms with Gasteiger partial charge in [-0.1, -0.05) is 12.1 Å². The van der Waals surface area contributed by atoms with E-state index in [0.717, 1.165) is 27.7 Å². The van der Waals surface area contributed by atoms with E-state index in [1.807, 2.05) is 50.0 Å². The molecule has 0 unspecified atom stereocenters. The van der Waals surface area contributed by atoms with Gasteiger partial charge in [-0.2, -0.15) is 0 Å². The van der Waals surface area contributed by atoms with Gasteiger partial charge in [0.1, 0.15) is 5.75 Å². The molecule has 122 valence electrons. The first-order valence-corrected chi connectivity index (χ1v) is 8.45. The van der Waals surface area contributed by atoms with Crippen LogP contribution in [0.25, 0.3) is 11.3 Å². The van der Waals surface area contributed by atoms with Crippen LogP contribution in [0.5, 0.6) is 5.75 Å². The summed E-state index contributed by atoms with van der Waals surface area (Å²) in [5.41, 5.74) is 4.21. The summed E-state index contributed by atoms with van der Waals surface area (Å²) in [4.78, 5) is 11.1. The predicted octanol–water partition coefficient (Wildman–Crippen LogP) is 4.64. The molecule has 3 rings (SSSR count). The van der Waals surface area contributed by atoms with Crippen LogP contribution in [-0.4, -0.2) is 32.4 Å². The highest BCUT2D eigenvalue weighted by Crippen LogP contribution is 2.28. The molecule has 2 aromatic carbocycles. The normalized spacial score (nSPS) is 11.0. The summed E-state index contributed by atoms with van der Waals surface area (Å²) in [6.45, 7) is 0. The highest BCUT2D eigenvalue weighted by molar-refractivity contribution is 7.13. The quantitative estimate of drug-likeness (QED) is 0.637. The molecule has 0 aliphatic carbocycles. The van der Waals surface area contributed by atoms with E-state index >= 15 is 0 Å². The van der Waals surface area contributed by atoms with Gasteiger partial charge >= 0.3 is 0 Å². The maximum absolute atomic E-state index is 5.18. The van der Waals surface area contributed by atoms with Gasteiger partial charge in [0.15, 0.2) is 0 Å². The Morgan fingerprint density at radius 1 is 1.04 bits per heavy atom. The number of rotatable bonds is 5. The highest BCUT2D eigenvalue weighted by Gasteiger charge is 2.04. The van der Waals surface area contributed by atoms with Crippen LogP contribution in [0.15, 0.2) is 58.9 Å². The van der Waals surface area contributed by atoms with E-state index in [2.05, 4.69) is 39.1 Å². The number of nitrogens with zero attached hydrogens (tertiary/aromatic N) is 3. The largest absolute Gasteiger partial charge is 0.497 e. The van der Waals surface area contributed by atoms with Crippen molar-refractivity contribution in [3.63, 3.8) is 0 Å². The zero-order valence-electron chi connectivity index (χ0n) is 13.9. The summed E-state index contributed by atoms with van der Waals surface area (Å²) >= 11 is 1.53. The molecule has 24 heavy (non-hydrogen) atoms. The molecule has 0 N–H and O–H groups in total. The van der Waals surface area contributed by atoms with Crippen LogP contribution >= 0.6 is 11.3 Å². The summed E-state index contributed by atoms with van der Waals surface area (Å²) in [5, 5.41) is 2.77. The molecule has 1 heterocycles. The van der Waals surface area contributed by atoms with E-state index in [9.17, 15) is 0 Å². The molecule has 4 nitrogen and oxygen atoms in total. The summed E-state index contributed by atoms with van der Waals surface area (Å²) in [5.74, 6) is 0.841. The lowest BCUT2D eigenvalue weighted by Crippen LogP contribution is -2.08. The van der Waals surface area contributed by atoms with Crippen LogP contribution in [-0.2, 0) is 0 Å². The molecule has 0 aliphatic rings. The molecule has 0 amide bonds. The highest BCUT2D eigenvalue weighted by atomic mass is 32.1. The van der Waals surface area contributed by atoms with Gasteiger partial charge in [0.25, 0.3) is 0 Å². The maximum atomic E-state index is 5.18. The zero-order valence-corrected chi connectivity index (χ0v) is 14.7. The second-order valence-electron chi connectivity index (χ2n) is 5.49. The number of methoxy groups -OCH3 is 1. The number of aliphatic imine (C=N–C) groups is 1. The number of ether oxygens (including phenoxy) is 1. The molecule has 0 fully saturated rings. The molecule has 0 spiro atoms. The second-order valence-corrected chi connectivity index (χ2v) is 6.32. The molecule has 0 bridgehead atoms. The number of benzene rings is 2. The fourth-order valence-corrected chi connectivity index (χ4v) is 2.88. The van der Waals surface area contributed by atoms with Gasteiger partial charge in [-0.25, -0.2) is 9.98 Å². The van der Waals surface area contributed by atoms with Crippen LogP contribution < -0.4 is 9.64 Å². The van der Waals surface area contributed by atoms with Crippen molar-refractivity contribution in [3.05, 3.63) is 59.5 Å². The SMILES string of the molecule is COc1ccc(-c2csc(/N=C/c3ccc(N(C)C)cc3)n2)cc1. The Bertz CT molecular complexity index is 821. The van der Waals surface area contributed by atoms with E-state index in [0.29, 0.717) is 0 Å². The van der Waals surface area contributed by atoms with Gasteiger partial charge < -0.3 is 9.64 Å². The Labute approximate surface area is 146 Å². The Hall–Kier alpha value is -2.66. The summed E-state index contributed by atoms with van der Waals surface area (Å²) in [6.07, 6.45) is 1.84. The van der Waals surface area contributed by atoms with Crippen molar-refractivity contribution in [2.75, 3.05) is 26.1 Å². The third-order valence-electron chi connectivity index (χ3n) is 3.61. The minimum atomic E-state index is 0.748. The summed E-state index contributed by atoms with van der Waals surface area (Å²) in [7, 11) is 5.72. The zero-order chi connectivity index (χ0) is 16.9. The monoisotopic (exact) mass is 337 g/mol. The van der Waals surface area contributed by atoms with Crippen LogP contribution in [0.1, 0.15) is 5.56 Å². The standard InChI is InChI=1S/C19H19N3OS/c1-22(2)16-8-4-14(5-9-16)12-20-19-21-18(13-24-19)15-6-10-17(23-3)11-7-15/h4-13H,1-3H3/b20-12+. The van der Waals surface area contributed by atoms with Crippen LogP contribution in [0.2, 0.25) is 0 Å². The van der Waals surface area contributed by atoms with Gasteiger partial charge in [-0.3, -0.25) is 0 Å². The van der Waals surface area contributed by atoms with Crippen molar-refractivity contribution < 1.29 is 4.74 Å². The molecule has 0 radical (unpaired) electrons. The second kappa shape index (κ2) is 7.27. The number of thiazole rings is 1. The van der Waals surface area contributed by atoms with E-state index < -0.39 is 0 Å². The summed E-state index contributed by atoms with van der Waals surface area (Å²) < 4.78 is 5.18. The van der Waals surface area contributed by atoms with Crippen LogP contribution in [0.3, 0.4) is 0 Å². The number of hydrogen-bond donors (Lipinski definition) is 0. The van der Waals surface area contributed by atoms with Gasteiger partial charge in [-0.05, 0) is 42.0 Å². The fourth-order valence-electron chi connectivity index (χ4n) is 2.21. The minimum Gasteiger partial charge on any atom is -0.497 e. The first-order chi connectivity index (χ1) is 11.7. The van der Waals surface area contributed by atoms with Gasteiger partial charge in [-0.15, -0.1) is 11.3 Å². The number of anilines is 1. The van der Waals surface area contributed by atoms with Crippen molar-refractivity contribution in [3.8, 4) is 17.0 Å². The van der Waals surface area contributed by atoms with Crippen molar-refractivity contribution in [2.45, 2.75) is 0 Å². The third kappa shape index (κ3) is 3.81. The third-order valence-corrected chi connectivity index (χ3v) is 4.36. The minimum absolute atomic E-state index is 0.748. The van der Waals surface area contributed by atoms with Crippen LogP contribution in [0, 0.1) is 0 Å². The Morgan fingerprint density at radius 2 is 1.75 bits per heavy atom. The predicted molar refractivity (Wildman–Crippen MR) is 102 cm³/mol. The topological polar surface area (TPSA) is 37.7 Å². The first kappa shape index (κ1) is 16.2. The average Bonchev–Trinajstić information content (AvgIpc) is 3.09. The Kier molecular flexibility index (Phi) is 4.91. The lowest BCUT2D eigenvalue weighted by Gasteiger charge is -2.11. The van der Waals surface area contributed by atoms with Gasteiger partial charge in [0.2, 0.25) is 5.13 Å². The summed E-state index contributed by atoms with van der Waals surface area (Å²) in [6, 6.07) is 16.1. The maximum Gasteiger partial charge on any atom is 0.209 e. The molecular formula is C19H19N3OS. The molecule has 0 saturated heterocycles. The smallest absolute Gasteiger partial charge is 0.209 e. The van der Waals surface area contributed by atoms with E-state index in [1.54, 1.807) is 7.11 Å². The first-order valence-electron chi connectivity index (χ1n) is 7.57. The molecule has 5 heteroatoms. The molecule has 3 aromatic rings. The lowest BCUT2D eigenvalue weighted by atomic mass is 10.2. The molecular weight excluding hydrogens is 318 g/mol. The van der Waals surface area contributed by atoms with Crippen molar-refractivity contribution in [1.82, 2.24) is 4.98 Å². The van der Waals surface area contributed by atoms with Crippen molar-refractivity contribution in [1.29, 1.82) is 0 Å². The number of hydrogen-bond acceptors (Lipinski definition) is 5. The average molecular weight is 337 g/mol. The van der Waals surface area contributed by atoms with Gasteiger partial charge in [0, 0.05) is 36.9 Å². The van der Waals surface area contributed by atoms with Crippen molar-refractivity contribution in [2.24, 2.45) is 4.99 Å². The lowest BCUT2D eigenvalue weighted by molar-refractivity contribution is 0.415. The number of aromatic nitrogens is 1. The molecule has 0 aliphatic heterocycles. The molecule has 0 atom stereocenters. The molecule has 1 aromatic heterocycles. The molecule has 0 saturated carbocycles. The van der Waals surface area contributed by atoms with E-state index in [1.165, 1.54) is 17.0 Å². The fraction of sp³-hybridized carbons (Fsp3) is 0.158. The Balaban J connectivity index is 1.73. The van der Waals surface area contributed by atoms with E-state index in [4.69, 9.17) is 4.74 Å². The van der Waals surface area contributed by atoms with E-state index in [-0.39, 0.29) is 0 Å². The van der Waals surface area contributed by atoms with Crippen molar-refractivity contribution >= 4 is 28.4 Å².